The molecule has 0 aliphatic carbocycles. The van der Waals surface area contributed by atoms with Crippen molar-refractivity contribution in [2.24, 2.45) is 5.41 Å². The monoisotopic (exact) mass is 299 g/mol. The van der Waals surface area contributed by atoms with Crippen LogP contribution in [0.25, 0.3) is 0 Å². The van der Waals surface area contributed by atoms with Crippen molar-refractivity contribution < 1.29 is 23.9 Å². The highest BCUT2D eigenvalue weighted by molar-refractivity contribution is 6.19. The second-order valence-corrected chi connectivity index (χ2v) is 4.78. The van der Waals surface area contributed by atoms with Crippen LogP contribution in [0.15, 0.2) is 0 Å². The van der Waals surface area contributed by atoms with Crippen molar-refractivity contribution in [3.63, 3.8) is 0 Å². The van der Waals surface area contributed by atoms with Gasteiger partial charge in [0.15, 0.2) is 0 Å². The Bertz CT molecular complexity index is 445. The number of ether oxygens (including phenoxy) is 1. The third kappa shape index (κ3) is 3.38. The molecule has 0 spiro atoms. The normalized spacial score (nSPS) is 17.7. The number of hydrogen-bond donors (Lipinski definition) is 2. The number of amides is 5. The fraction of sp³-hybridized carbons (Fsp3) is 0.692. The Kier molecular flexibility index (Phi) is 5.83. The van der Waals surface area contributed by atoms with Gasteiger partial charge in [-0.25, -0.2) is 4.79 Å². The van der Waals surface area contributed by atoms with Gasteiger partial charge in [-0.3, -0.25) is 24.6 Å². The third-order valence-corrected chi connectivity index (χ3v) is 3.69. The average Bonchev–Trinajstić information content (AvgIpc) is 2.45. The molecule has 0 aromatic carbocycles. The van der Waals surface area contributed by atoms with E-state index < -0.39 is 35.7 Å². The van der Waals surface area contributed by atoms with E-state index >= 15 is 0 Å². The van der Waals surface area contributed by atoms with E-state index in [4.69, 9.17) is 4.74 Å². The lowest BCUT2D eigenvalue weighted by molar-refractivity contribution is -0.153. The maximum absolute atomic E-state index is 12.4. The third-order valence-electron chi connectivity index (χ3n) is 3.69. The molecule has 5 amide bonds. The van der Waals surface area contributed by atoms with Crippen molar-refractivity contribution in [2.75, 3.05) is 26.8 Å². The fourth-order valence-corrected chi connectivity index (χ4v) is 2.24. The summed E-state index contributed by atoms with van der Waals surface area (Å²) in [5, 5.41) is 4.67. The van der Waals surface area contributed by atoms with Gasteiger partial charge in [0, 0.05) is 13.7 Å². The Balaban J connectivity index is 2.81. The first-order valence-electron chi connectivity index (χ1n) is 6.86. The molecule has 0 bridgehead atoms. The molecule has 0 aromatic heterocycles. The number of imide groups is 2. The molecule has 0 radical (unpaired) electrons. The van der Waals surface area contributed by atoms with Crippen LogP contribution in [0.1, 0.15) is 26.7 Å². The first-order valence-corrected chi connectivity index (χ1v) is 6.86. The summed E-state index contributed by atoms with van der Waals surface area (Å²) in [4.78, 5) is 48.7. The first-order chi connectivity index (χ1) is 9.92. The second kappa shape index (κ2) is 7.16. The Hall–Kier alpha value is -1.96. The van der Waals surface area contributed by atoms with Gasteiger partial charge < -0.3 is 10.1 Å². The number of nitrogens with one attached hydrogen (secondary N) is 2. The number of methoxy groups -OCH3 is 1. The standard InChI is InChI=1S/C13H21N3O5/c1-4-13(5-2)10(18)15-12(20)16(11(13)19)8-9(17)14-6-7-21-3/h4-8H2,1-3H3,(H,14,17)(H,15,18,20). The Morgan fingerprint density at radius 1 is 1.29 bits per heavy atom. The molecule has 0 aromatic rings. The summed E-state index contributed by atoms with van der Waals surface area (Å²) in [5.41, 5.74) is -1.28. The summed E-state index contributed by atoms with van der Waals surface area (Å²) < 4.78 is 4.79. The highest BCUT2D eigenvalue weighted by Gasteiger charge is 2.51. The van der Waals surface area contributed by atoms with E-state index in [1.807, 2.05) is 0 Å². The summed E-state index contributed by atoms with van der Waals surface area (Å²) in [5.74, 6) is -1.70. The van der Waals surface area contributed by atoms with Gasteiger partial charge in [0.05, 0.1) is 6.61 Å². The van der Waals surface area contributed by atoms with E-state index in [-0.39, 0.29) is 19.4 Å². The molecule has 8 nitrogen and oxygen atoms in total. The molecular formula is C13H21N3O5. The zero-order valence-corrected chi connectivity index (χ0v) is 12.5. The van der Waals surface area contributed by atoms with Crippen LogP contribution in [-0.2, 0) is 19.1 Å². The summed E-state index contributed by atoms with van der Waals surface area (Å²) in [6, 6.07) is -0.857. The number of barbiturate groups is 1. The maximum atomic E-state index is 12.4. The molecule has 1 saturated heterocycles. The summed E-state index contributed by atoms with van der Waals surface area (Å²) in [7, 11) is 1.50. The molecule has 1 aliphatic heterocycles. The van der Waals surface area contributed by atoms with Crippen LogP contribution in [0.3, 0.4) is 0 Å². The first kappa shape index (κ1) is 17.1. The van der Waals surface area contributed by atoms with E-state index in [0.717, 1.165) is 4.90 Å². The SMILES string of the molecule is CCC1(CC)C(=O)NC(=O)N(CC(=O)NCCOC)C1=O. The molecule has 0 atom stereocenters. The quantitative estimate of drug-likeness (QED) is 0.493. The van der Waals surface area contributed by atoms with Crippen LogP contribution in [0, 0.1) is 5.41 Å². The Morgan fingerprint density at radius 2 is 1.90 bits per heavy atom. The predicted octanol–water partition coefficient (Wildman–Crippen LogP) is -0.366. The molecule has 1 heterocycles. The minimum absolute atomic E-state index is 0.267. The molecule has 0 saturated carbocycles. The van der Waals surface area contributed by atoms with Crippen molar-refractivity contribution in [3.8, 4) is 0 Å². The fourth-order valence-electron chi connectivity index (χ4n) is 2.24. The van der Waals surface area contributed by atoms with Crippen LogP contribution < -0.4 is 10.6 Å². The molecule has 0 unspecified atom stereocenters. The van der Waals surface area contributed by atoms with E-state index in [1.165, 1.54) is 7.11 Å². The number of urea groups is 1. The summed E-state index contributed by atoms with van der Waals surface area (Å²) in [6.07, 6.45) is 0.534. The van der Waals surface area contributed by atoms with Crippen molar-refractivity contribution in [1.29, 1.82) is 0 Å². The van der Waals surface area contributed by atoms with Crippen molar-refractivity contribution in [2.45, 2.75) is 26.7 Å². The lowest BCUT2D eigenvalue weighted by atomic mass is 9.78. The van der Waals surface area contributed by atoms with Crippen LogP contribution in [-0.4, -0.2) is 55.5 Å². The average molecular weight is 299 g/mol. The number of hydrogen-bond acceptors (Lipinski definition) is 5. The summed E-state index contributed by atoms with van der Waals surface area (Å²) >= 11 is 0. The van der Waals surface area contributed by atoms with E-state index in [2.05, 4.69) is 10.6 Å². The number of nitrogens with zero attached hydrogens (tertiary/aromatic N) is 1. The molecular weight excluding hydrogens is 278 g/mol. The van der Waals surface area contributed by atoms with Gasteiger partial charge in [-0.1, -0.05) is 13.8 Å². The smallest absolute Gasteiger partial charge is 0.331 e. The van der Waals surface area contributed by atoms with Gasteiger partial charge in [-0.15, -0.1) is 0 Å². The molecule has 1 fully saturated rings. The van der Waals surface area contributed by atoms with Gasteiger partial charge in [-0.05, 0) is 12.8 Å². The molecule has 1 aliphatic rings. The molecule has 21 heavy (non-hydrogen) atoms. The molecule has 2 N–H and O–H groups in total. The molecule has 118 valence electrons. The largest absolute Gasteiger partial charge is 0.383 e. The second-order valence-electron chi connectivity index (χ2n) is 4.78. The minimum atomic E-state index is -1.28. The van der Waals surface area contributed by atoms with Crippen LogP contribution >= 0.6 is 0 Å². The highest BCUT2D eigenvalue weighted by atomic mass is 16.5. The molecule has 8 heteroatoms. The van der Waals surface area contributed by atoms with Crippen molar-refractivity contribution >= 4 is 23.8 Å². The van der Waals surface area contributed by atoms with Gasteiger partial charge in [0.1, 0.15) is 12.0 Å². The zero-order chi connectivity index (χ0) is 16.0. The van der Waals surface area contributed by atoms with Gasteiger partial charge in [0.25, 0.3) is 0 Å². The lowest BCUT2D eigenvalue weighted by Gasteiger charge is -2.37. The van der Waals surface area contributed by atoms with Crippen molar-refractivity contribution in [1.82, 2.24) is 15.5 Å². The maximum Gasteiger partial charge on any atom is 0.331 e. The number of rotatable bonds is 7. The Labute approximate surface area is 123 Å². The number of carbonyl (C=O) groups excluding carboxylic acids is 4. The highest BCUT2D eigenvalue weighted by Crippen LogP contribution is 2.32. The summed E-state index contributed by atoms with van der Waals surface area (Å²) in [6.45, 7) is 3.60. The van der Waals surface area contributed by atoms with Gasteiger partial charge in [0.2, 0.25) is 17.7 Å². The topological polar surface area (TPSA) is 105 Å². The van der Waals surface area contributed by atoms with E-state index in [0.29, 0.717) is 6.61 Å². The minimum Gasteiger partial charge on any atom is -0.383 e. The van der Waals surface area contributed by atoms with Gasteiger partial charge >= 0.3 is 6.03 Å². The zero-order valence-electron chi connectivity index (χ0n) is 12.5. The van der Waals surface area contributed by atoms with Gasteiger partial charge in [-0.2, -0.15) is 0 Å². The predicted molar refractivity (Wildman–Crippen MR) is 73.2 cm³/mol. The van der Waals surface area contributed by atoms with Crippen LogP contribution in [0.5, 0.6) is 0 Å². The number of carbonyl (C=O) groups is 4. The Morgan fingerprint density at radius 3 is 2.43 bits per heavy atom. The lowest BCUT2D eigenvalue weighted by Crippen LogP contribution is -2.64. The van der Waals surface area contributed by atoms with Crippen LogP contribution in [0.4, 0.5) is 4.79 Å². The van der Waals surface area contributed by atoms with E-state index in [1.54, 1.807) is 13.8 Å². The van der Waals surface area contributed by atoms with Crippen molar-refractivity contribution in [3.05, 3.63) is 0 Å². The van der Waals surface area contributed by atoms with Crippen LogP contribution in [0.2, 0.25) is 0 Å². The van der Waals surface area contributed by atoms with E-state index in [9.17, 15) is 19.2 Å². The molecule has 1 rings (SSSR count).